The summed E-state index contributed by atoms with van der Waals surface area (Å²) in [7, 11) is 0. The number of pyridine rings is 1. The van der Waals surface area contributed by atoms with E-state index in [1.165, 1.54) is 6.20 Å². The molecule has 2 aromatic rings. The minimum Gasteiger partial charge on any atom is -0.439 e. The van der Waals surface area contributed by atoms with E-state index in [-0.39, 0.29) is 5.91 Å². The lowest BCUT2D eigenvalue weighted by Crippen LogP contribution is -2.31. The molecule has 0 radical (unpaired) electrons. The van der Waals surface area contributed by atoms with Crippen molar-refractivity contribution >= 4 is 21.8 Å². The van der Waals surface area contributed by atoms with Gasteiger partial charge in [0.25, 0.3) is 5.91 Å². The zero-order valence-corrected chi connectivity index (χ0v) is 13.9. The number of nitrogens with one attached hydrogen (secondary N) is 2. The molecule has 0 spiro atoms. The number of amides is 1. The van der Waals surface area contributed by atoms with Crippen molar-refractivity contribution < 1.29 is 9.53 Å². The second-order valence-corrected chi connectivity index (χ2v) is 5.47. The minimum absolute atomic E-state index is 0.139. The molecule has 22 heavy (non-hydrogen) atoms. The standard InChI is InChI=1S/C16H18BrN3O2/c1-2-18-8-9-19-16(21)12-6-7-15(20-11-12)22-14-5-3-4-13(17)10-14/h3-7,10-11,18H,2,8-9H2,1H3,(H,19,21). The molecule has 0 saturated carbocycles. The lowest BCUT2D eigenvalue weighted by molar-refractivity contribution is 0.0953. The number of likely N-dealkylation sites (N-methyl/N-ethyl adjacent to an activating group) is 1. The molecule has 1 amide bonds. The van der Waals surface area contributed by atoms with Gasteiger partial charge in [-0.15, -0.1) is 0 Å². The number of rotatable bonds is 7. The second kappa shape index (κ2) is 8.51. The van der Waals surface area contributed by atoms with Crippen LogP contribution in [-0.2, 0) is 0 Å². The molecule has 6 heteroatoms. The van der Waals surface area contributed by atoms with E-state index >= 15 is 0 Å². The maximum atomic E-state index is 11.9. The number of carbonyl (C=O) groups excluding carboxylic acids is 1. The van der Waals surface area contributed by atoms with E-state index in [4.69, 9.17) is 4.74 Å². The SMILES string of the molecule is CCNCCNC(=O)c1ccc(Oc2cccc(Br)c2)nc1. The molecule has 1 aromatic heterocycles. The number of carbonyl (C=O) groups is 1. The molecule has 2 N–H and O–H groups in total. The summed E-state index contributed by atoms with van der Waals surface area (Å²) < 4.78 is 6.56. The van der Waals surface area contributed by atoms with Crippen LogP contribution in [0.2, 0.25) is 0 Å². The van der Waals surface area contributed by atoms with Crippen molar-refractivity contribution in [3.8, 4) is 11.6 Å². The Morgan fingerprint density at radius 3 is 2.82 bits per heavy atom. The molecule has 116 valence electrons. The lowest BCUT2D eigenvalue weighted by atomic mass is 10.2. The second-order valence-electron chi connectivity index (χ2n) is 4.55. The topological polar surface area (TPSA) is 63.2 Å². The van der Waals surface area contributed by atoms with E-state index in [0.29, 0.717) is 23.7 Å². The maximum Gasteiger partial charge on any atom is 0.252 e. The van der Waals surface area contributed by atoms with Gasteiger partial charge in [-0.2, -0.15) is 0 Å². The monoisotopic (exact) mass is 363 g/mol. The van der Waals surface area contributed by atoms with Gasteiger partial charge in [0, 0.05) is 29.8 Å². The van der Waals surface area contributed by atoms with Crippen LogP contribution in [0.4, 0.5) is 0 Å². The summed E-state index contributed by atoms with van der Waals surface area (Å²) >= 11 is 3.38. The number of aromatic nitrogens is 1. The molecule has 0 aliphatic rings. The largest absolute Gasteiger partial charge is 0.439 e. The van der Waals surface area contributed by atoms with Gasteiger partial charge in [-0.1, -0.05) is 28.9 Å². The first-order valence-electron chi connectivity index (χ1n) is 7.07. The summed E-state index contributed by atoms with van der Waals surface area (Å²) in [6, 6.07) is 10.9. The molecule has 0 fully saturated rings. The van der Waals surface area contributed by atoms with Gasteiger partial charge in [0.2, 0.25) is 5.88 Å². The molecule has 0 aliphatic heterocycles. The van der Waals surface area contributed by atoms with Crippen molar-refractivity contribution in [2.45, 2.75) is 6.92 Å². The summed E-state index contributed by atoms with van der Waals surface area (Å²) in [5.74, 6) is 0.992. The highest BCUT2D eigenvalue weighted by Crippen LogP contribution is 2.22. The van der Waals surface area contributed by atoms with Crippen LogP contribution in [0.3, 0.4) is 0 Å². The summed E-state index contributed by atoms with van der Waals surface area (Å²) in [6.45, 7) is 4.25. The fourth-order valence-corrected chi connectivity index (χ4v) is 2.15. The highest BCUT2D eigenvalue weighted by Gasteiger charge is 2.06. The van der Waals surface area contributed by atoms with Crippen LogP contribution in [0, 0.1) is 0 Å². The van der Waals surface area contributed by atoms with Crippen molar-refractivity contribution in [3.63, 3.8) is 0 Å². The van der Waals surface area contributed by atoms with E-state index in [1.807, 2.05) is 31.2 Å². The summed E-state index contributed by atoms with van der Waals surface area (Å²) in [6.07, 6.45) is 1.51. The molecule has 0 unspecified atom stereocenters. The first-order chi connectivity index (χ1) is 10.7. The summed E-state index contributed by atoms with van der Waals surface area (Å²) in [5, 5.41) is 5.96. The van der Waals surface area contributed by atoms with E-state index < -0.39 is 0 Å². The predicted octanol–water partition coefficient (Wildman–Crippen LogP) is 2.98. The fraction of sp³-hybridized carbons (Fsp3) is 0.250. The van der Waals surface area contributed by atoms with Gasteiger partial charge in [-0.25, -0.2) is 4.98 Å². The normalized spacial score (nSPS) is 10.3. The smallest absolute Gasteiger partial charge is 0.252 e. The van der Waals surface area contributed by atoms with Gasteiger partial charge in [0.1, 0.15) is 5.75 Å². The molecule has 2 rings (SSSR count). The maximum absolute atomic E-state index is 11.9. The Hall–Kier alpha value is -1.92. The van der Waals surface area contributed by atoms with Crippen LogP contribution in [0.5, 0.6) is 11.6 Å². The van der Waals surface area contributed by atoms with Crippen LogP contribution in [0.1, 0.15) is 17.3 Å². The number of nitrogens with zero attached hydrogens (tertiary/aromatic N) is 1. The molecule has 1 aromatic carbocycles. The first kappa shape index (κ1) is 16.5. The first-order valence-corrected chi connectivity index (χ1v) is 7.86. The Labute approximate surface area is 138 Å². The number of ether oxygens (including phenoxy) is 1. The zero-order valence-electron chi connectivity index (χ0n) is 12.3. The van der Waals surface area contributed by atoms with Gasteiger partial charge >= 0.3 is 0 Å². The predicted molar refractivity (Wildman–Crippen MR) is 89.3 cm³/mol. The zero-order chi connectivity index (χ0) is 15.8. The third-order valence-corrected chi connectivity index (χ3v) is 3.35. The fourth-order valence-electron chi connectivity index (χ4n) is 1.77. The molecular weight excluding hydrogens is 346 g/mol. The number of hydrogen-bond donors (Lipinski definition) is 2. The average molecular weight is 364 g/mol. The Balaban J connectivity index is 1.91. The number of benzene rings is 1. The molecular formula is C16H18BrN3O2. The Morgan fingerprint density at radius 2 is 2.14 bits per heavy atom. The molecule has 0 saturated heterocycles. The highest BCUT2D eigenvalue weighted by atomic mass is 79.9. The van der Waals surface area contributed by atoms with Crippen LogP contribution < -0.4 is 15.4 Å². The molecule has 0 bridgehead atoms. The Bertz CT molecular complexity index is 617. The van der Waals surface area contributed by atoms with Crippen molar-refractivity contribution in [2.24, 2.45) is 0 Å². The minimum atomic E-state index is -0.139. The molecule has 0 atom stereocenters. The van der Waals surface area contributed by atoms with Crippen molar-refractivity contribution in [1.29, 1.82) is 0 Å². The van der Waals surface area contributed by atoms with E-state index in [1.54, 1.807) is 12.1 Å². The van der Waals surface area contributed by atoms with Gasteiger partial charge < -0.3 is 15.4 Å². The summed E-state index contributed by atoms with van der Waals surface area (Å²) in [4.78, 5) is 16.1. The van der Waals surface area contributed by atoms with Crippen molar-refractivity contribution in [1.82, 2.24) is 15.6 Å². The van der Waals surface area contributed by atoms with E-state index in [0.717, 1.165) is 17.6 Å². The number of halogens is 1. The van der Waals surface area contributed by atoms with Gasteiger partial charge in [0.05, 0.1) is 5.56 Å². The van der Waals surface area contributed by atoms with Crippen LogP contribution in [-0.4, -0.2) is 30.5 Å². The van der Waals surface area contributed by atoms with E-state index in [9.17, 15) is 4.79 Å². The third kappa shape index (κ3) is 5.13. The summed E-state index contributed by atoms with van der Waals surface area (Å²) in [5.41, 5.74) is 0.512. The quantitative estimate of drug-likeness (QED) is 0.742. The molecule has 5 nitrogen and oxygen atoms in total. The van der Waals surface area contributed by atoms with E-state index in [2.05, 4.69) is 31.5 Å². The Morgan fingerprint density at radius 1 is 1.27 bits per heavy atom. The molecule has 0 aliphatic carbocycles. The number of hydrogen-bond acceptors (Lipinski definition) is 4. The van der Waals surface area contributed by atoms with Gasteiger partial charge in [0.15, 0.2) is 0 Å². The Kier molecular flexibility index (Phi) is 6.36. The van der Waals surface area contributed by atoms with Gasteiger partial charge in [-0.3, -0.25) is 4.79 Å². The van der Waals surface area contributed by atoms with Crippen LogP contribution >= 0.6 is 15.9 Å². The highest BCUT2D eigenvalue weighted by molar-refractivity contribution is 9.10. The van der Waals surface area contributed by atoms with Crippen molar-refractivity contribution in [3.05, 3.63) is 52.6 Å². The van der Waals surface area contributed by atoms with Crippen LogP contribution in [0.15, 0.2) is 47.1 Å². The van der Waals surface area contributed by atoms with Crippen molar-refractivity contribution in [2.75, 3.05) is 19.6 Å². The molecule has 1 heterocycles. The average Bonchev–Trinajstić information content (AvgIpc) is 2.52. The lowest BCUT2D eigenvalue weighted by Gasteiger charge is -2.07. The van der Waals surface area contributed by atoms with Crippen LogP contribution in [0.25, 0.3) is 0 Å². The van der Waals surface area contributed by atoms with Gasteiger partial charge in [-0.05, 0) is 30.8 Å². The third-order valence-electron chi connectivity index (χ3n) is 2.85.